The summed E-state index contributed by atoms with van der Waals surface area (Å²) in [5, 5.41) is 4.19. The fourth-order valence-corrected chi connectivity index (χ4v) is 23.2. The van der Waals surface area contributed by atoms with E-state index in [1.54, 1.807) is 18.7 Å². The van der Waals surface area contributed by atoms with E-state index in [0.717, 1.165) is 0 Å². The summed E-state index contributed by atoms with van der Waals surface area (Å²) in [7, 11) is 0. The summed E-state index contributed by atoms with van der Waals surface area (Å²) < 4.78 is 8.11. The predicted octanol–water partition coefficient (Wildman–Crippen LogP) is 6.96. The van der Waals surface area contributed by atoms with Crippen molar-refractivity contribution in [3.05, 3.63) is 29.6 Å². The van der Waals surface area contributed by atoms with Gasteiger partial charge in [0.05, 0.1) is 0 Å². The van der Waals surface area contributed by atoms with Gasteiger partial charge in [0, 0.05) is 0 Å². The Labute approximate surface area is 145 Å². The molecular formula is C20H32SSn. The Morgan fingerprint density at radius 1 is 0.818 bits per heavy atom. The van der Waals surface area contributed by atoms with Crippen molar-refractivity contribution in [3.8, 4) is 0 Å². The summed E-state index contributed by atoms with van der Waals surface area (Å²) in [6.07, 6.45) is 8.44. The average molecular weight is 423 g/mol. The van der Waals surface area contributed by atoms with Gasteiger partial charge in [-0.15, -0.1) is 0 Å². The molecule has 22 heavy (non-hydrogen) atoms. The SMILES string of the molecule is CCC[CH2][Sn]([CH2]CCC)([CH2]CCC)[c]1csc2ccccc12. The first kappa shape index (κ1) is 18.3. The molecule has 2 aromatic rings. The van der Waals surface area contributed by atoms with Gasteiger partial charge in [-0.05, 0) is 0 Å². The molecule has 0 nitrogen and oxygen atoms in total. The van der Waals surface area contributed by atoms with Gasteiger partial charge in [-0.3, -0.25) is 0 Å². The molecule has 0 saturated carbocycles. The van der Waals surface area contributed by atoms with Crippen LogP contribution in [0, 0.1) is 0 Å². The Morgan fingerprint density at radius 2 is 1.36 bits per heavy atom. The molecule has 122 valence electrons. The van der Waals surface area contributed by atoms with Crippen molar-refractivity contribution in [1.82, 2.24) is 0 Å². The van der Waals surface area contributed by atoms with E-state index in [4.69, 9.17) is 0 Å². The topological polar surface area (TPSA) is 0 Å². The first-order valence-corrected chi connectivity index (χ1v) is 17.6. The number of rotatable bonds is 10. The van der Waals surface area contributed by atoms with Crippen molar-refractivity contribution < 1.29 is 0 Å². The van der Waals surface area contributed by atoms with Gasteiger partial charge < -0.3 is 0 Å². The summed E-state index contributed by atoms with van der Waals surface area (Å²) in [5.41, 5.74) is 0. The molecule has 2 rings (SSSR count). The number of hydrogen-bond acceptors (Lipinski definition) is 1. The van der Waals surface area contributed by atoms with Crippen LogP contribution in [0.5, 0.6) is 0 Å². The van der Waals surface area contributed by atoms with Crippen LogP contribution in [-0.2, 0) is 0 Å². The van der Waals surface area contributed by atoms with Gasteiger partial charge in [-0.1, -0.05) is 0 Å². The normalized spacial score (nSPS) is 12.1. The van der Waals surface area contributed by atoms with Crippen LogP contribution in [0.25, 0.3) is 10.1 Å². The molecule has 0 aliphatic rings. The standard InChI is InChI=1S/C8H5S.3C4H9.Sn/c1-2-4-8-7(3-1)5-6-9-8;3*1-3-4-2;/h1-4,6H;3*1,3-4H2,2H3;. The molecule has 0 bridgehead atoms. The summed E-state index contributed by atoms with van der Waals surface area (Å²) >= 11 is -0.241. The zero-order valence-electron chi connectivity index (χ0n) is 14.7. The van der Waals surface area contributed by atoms with Gasteiger partial charge in [-0.2, -0.15) is 0 Å². The molecule has 0 saturated heterocycles. The maximum atomic E-state index is 2.57. The van der Waals surface area contributed by atoms with Crippen LogP contribution in [0.2, 0.25) is 13.3 Å². The van der Waals surface area contributed by atoms with Crippen LogP contribution in [0.4, 0.5) is 0 Å². The summed E-state index contributed by atoms with van der Waals surface area (Å²) in [4.78, 5) is 0. The van der Waals surface area contributed by atoms with Crippen molar-refractivity contribution in [2.24, 2.45) is 0 Å². The van der Waals surface area contributed by atoms with E-state index < -0.39 is 18.4 Å². The Balaban J connectivity index is 2.42. The van der Waals surface area contributed by atoms with E-state index >= 15 is 0 Å². The molecule has 0 radical (unpaired) electrons. The molecule has 1 aromatic carbocycles. The maximum absolute atomic E-state index is 2.57. The van der Waals surface area contributed by atoms with Gasteiger partial charge in [0.15, 0.2) is 0 Å². The molecule has 1 aromatic heterocycles. The van der Waals surface area contributed by atoms with Crippen LogP contribution >= 0.6 is 11.3 Å². The molecule has 0 aliphatic carbocycles. The minimum atomic E-state index is -2.23. The molecule has 2 heteroatoms. The molecule has 0 aliphatic heterocycles. The Kier molecular flexibility index (Phi) is 7.76. The molecular weight excluding hydrogens is 391 g/mol. The van der Waals surface area contributed by atoms with Crippen LogP contribution in [0.15, 0.2) is 29.6 Å². The number of hydrogen-bond donors (Lipinski definition) is 0. The molecule has 0 unspecified atom stereocenters. The number of unbranched alkanes of at least 4 members (excludes halogenated alkanes) is 3. The van der Waals surface area contributed by atoms with Gasteiger partial charge in [-0.25, -0.2) is 0 Å². The zero-order valence-corrected chi connectivity index (χ0v) is 18.3. The third kappa shape index (κ3) is 4.29. The van der Waals surface area contributed by atoms with E-state index in [9.17, 15) is 0 Å². The van der Waals surface area contributed by atoms with Gasteiger partial charge >= 0.3 is 146 Å². The summed E-state index contributed by atoms with van der Waals surface area (Å²) in [6, 6.07) is 9.16. The Bertz CT molecular complexity index is 536. The van der Waals surface area contributed by atoms with E-state index in [2.05, 4.69) is 50.4 Å². The summed E-state index contributed by atoms with van der Waals surface area (Å²) in [5.74, 6) is 0. The third-order valence-corrected chi connectivity index (χ3v) is 22.3. The van der Waals surface area contributed by atoms with Gasteiger partial charge in [0.2, 0.25) is 0 Å². The zero-order chi connectivity index (χ0) is 15.8. The molecule has 1 heterocycles. The van der Waals surface area contributed by atoms with E-state index in [1.807, 2.05) is 14.9 Å². The third-order valence-electron chi connectivity index (χ3n) is 5.08. The van der Waals surface area contributed by atoms with Crippen LogP contribution in [-0.4, -0.2) is 18.4 Å². The molecule has 0 N–H and O–H groups in total. The first-order chi connectivity index (χ1) is 10.8. The van der Waals surface area contributed by atoms with Crippen molar-refractivity contribution in [3.63, 3.8) is 0 Å². The fourth-order valence-electron chi connectivity index (χ4n) is 3.71. The predicted molar refractivity (Wildman–Crippen MR) is 106 cm³/mol. The monoisotopic (exact) mass is 424 g/mol. The van der Waals surface area contributed by atoms with Crippen LogP contribution in [0.1, 0.15) is 59.3 Å². The van der Waals surface area contributed by atoms with Gasteiger partial charge in [0.25, 0.3) is 0 Å². The minimum absolute atomic E-state index is 1.36. The second-order valence-electron chi connectivity index (χ2n) is 6.74. The van der Waals surface area contributed by atoms with Crippen molar-refractivity contribution in [2.75, 3.05) is 0 Å². The van der Waals surface area contributed by atoms with E-state index in [-0.39, 0.29) is 0 Å². The van der Waals surface area contributed by atoms with Crippen molar-refractivity contribution >= 4 is 43.4 Å². The number of benzene rings is 1. The van der Waals surface area contributed by atoms with Crippen LogP contribution in [0.3, 0.4) is 0 Å². The second kappa shape index (κ2) is 9.32. The molecule has 0 atom stereocenters. The first-order valence-electron chi connectivity index (χ1n) is 9.24. The van der Waals surface area contributed by atoms with Crippen molar-refractivity contribution in [2.45, 2.75) is 72.6 Å². The number of thiophene rings is 1. The number of fused-ring (bicyclic) bond motifs is 1. The molecule has 0 spiro atoms. The molecule has 0 amide bonds. The van der Waals surface area contributed by atoms with Gasteiger partial charge in [0.1, 0.15) is 0 Å². The quantitative estimate of drug-likeness (QED) is 0.363. The fraction of sp³-hybridized carbons (Fsp3) is 0.600. The second-order valence-corrected chi connectivity index (χ2v) is 20.8. The van der Waals surface area contributed by atoms with E-state index in [0.29, 0.717) is 0 Å². The Hall–Kier alpha value is -0.0213. The molecule has 0 fully saturated rings. The van der Waals surface area contributed by atoms with E-state index in [1.165, 1.54) is 43.2 Å². The summed E-state index contributed by atoms with van der Waals surface area (Å²) in [6.45, 7) is 7.09. The van der Waals surface area contributed by atoms with Crippen molar-refractivity contribution in [1.29, 1.82) is 0 Å². The average Bonchev–Trinajstić information content (AvgIpc) is 2.99. The van der Waals surface area contributed by atoms with Crippen LogP contribution < -0.4 is 3.58 Å². The Morgan fingerprint density at radius 3 is 1.91 bits per heavy atom.